The van der Waals surface area contributed by atoms with E-state index in [1.165, 1.54) is 24.3 Å². The van der Waals surface area contributed by atoms with Crippen LogP contribution in [0.15, 0.2) is 41.3 Å². The maximum Gasteiger partial charge on any atom is 0.261 e. The lowest BCUT2D eigenvalue weighted by Gasteiger charge is -2.10. The largest absolute Gasteiger partial charge is 0.398 e. The van der Waals surface area contributed by atoms with Crippen LogP contribution in [0.1, 0.15) is 11.1 Å². The van der Waals surface area contributed by atoms with Crippen LogP contribution in [0.3, 0.4) is 0 Å². The molecule has 5 nitrogen and oxygen atoms in total. The van der Waals surface area contributed by atoms with E-state index in [1.807, 2.05) is 13.0 Å². The van der Waals surface area contributed by atoms with Gasteiger partial charge >= 0.3 is 0 Å². The van der Waals surface area contributed by atoms with E-state index in [-0.39, 0.29) is 15.5 Å². The van der Waals surface area contributed by atoms with Gasteiger partial charge in [-0.05, 0) is 42.8 Å². The number of aryl methyl sites for hydroxylation is 1. The lowest BCUT2D eigenvalue weighted by molar-refractivity contribution is 0.601. The van der Waals surface area contributed by atoms with Crippen LogP contribution in [0, 0.1) is 18.3 Å². The van der Waals surface area contributed by atoms with Gasteiger partial charge in [-0.1, -0.05) is 17.7 Å². The molecule has 0 radical (unpaired) electrons. The van der Waals surface area contributed by atoms with E-state index in [9.17, 15) is 8.42 Å². The zero-order valence-electron chi connectivity index (χ0n) is 11.1. The molecule has 0 aromatic heterocycles. The Morgan fingerprint density at radius 1 is 1.24 bits per heavy atom. The fourth-order valence-corrected chi connectivity index (χ4v) is 3.03. The van der Waals surface area contributed by atoms with Crippen LogP contribution in [0.25, 0.3) is 0 Å². The molecule has 0 bridgehead atoms. The normalized spacial score (nSPS) is 10.9. The van der Waals surface area contributed by atoms with Gasteiger partial charge in [0.05, 0.1) is 21.2 Å². The van der Waals surface area contributed by atoms with E-state index in [4.69, 9.17) is 22.6 Å². The molecule has 0 aliphatic heterocycles. The predicted molar refractivity (Wildman–Crippen MR) is 82.6 cm³/mol. The Labute approximate surface area is 128 Å². The van der Waals surface area contributed by atoms with E-state index in [0.717, 1.165) is 5.56 Å². The first kappa shape index (κ1) is 15.2. The number of halogens is 1. The van der Waals surface area contributed by atoms with Gasteiger partial charge in [-0.15, -0.1) is 0 Å². The van der Waals surface area contributed by atoms with Crippen molar-refractivity contribution in [3.63, 3.8) is 0 Å². The molecule has 21 heavy (non-hydrogen) atoms. The molecule has 108 valence electrons. The van der Waals surface area contributed by atoms with Crippen molar-refractivity contribution in [3.8, 4) is 6.07 Å². The highest BCUT2D eigenvalue weighted by atomic mass is 35.5. The number of sulfonamides is 1. The molecule has 0 heterocycles. The fourth-order valence-electron chi connectivity index (χ4n) is 1.67. The Balaban J connectivity index is 2.36. The first-order chi connectivity index (χ1) is 9.83. The summed E-state index contributed by atoms with van der Waals surface area (Å²) in [5.74, 6) is 0. The molecule has 0 amide bonds. The van der Waals surface area contributed by atoms with Crippen molar-refractivity contribution in [2.75, 3.05) is 10.5 Å². The Bertz CT molecular complexity index is 842. The molecule has 0 atom stereocenters. The molecular formula is C14H12ClN3O2S. The molecule has 2 aromatic carbocycles. The minimum Gasteiger partial charge on any atom is -0.398 e. The van der Waals surface area contributed by atoms with E-state index in [0.29, 0.717) is 11.4 Å². The minimum atomic E-state index is -3.79. The highest BCUT2D eigenvalue weighted by molar-refractivity contribution is 7.92. The number of nitrogens with two attached hydrogens (primary N) is 1. The molecule has 2 aromatic rings. The number of nitriles is 1. The van der Waals surface area contributed by atoms with Gasteiger partial charge in [-0.25, -0.2) is 8.42 Å². The average Bonchev–Trinajstić information content (AvgIpc) is 2.42. The van der Waals surface area contributed by atoms with E-state index in [1.54, 1.807) is 12.1 Å². The van der Waals surface area contributed by atoms with Gasteiger partial charge in [0.1, 0.15) is 6.07 Å². The van der Waals surface area contributed by atoms with E-state index in [2.05, 4.69) is 4.72 Å². The molecule has 0 aliphatic rings. The SMILES string of the molecule is Cc1ccc(NS(=O)(=O)c2ccc(C#N)c(Cl)c2)cc1N. The molecule has 0 aliphatic carbocycles. The molecule has 3 N–H and O–H groups in total. The van der Waals surface area contributed by atoms with Gasteiger partial charge < -0.3 is 5.73 Å². The highest BCUT2D eigenvalue weighted by Gasteiger charge is 2.16. The summed E-state index contributed by atoms with van der Waals surface area (Å²) in [6.45, 7) is 1.83. The summed E-state index contributed by atoms with van der Waals surface area (Å²) in [6, 6.07) is 10.7. The van der Waals surface area contributed by atoms with Gasteiger partial charge in [0.25, 0.3) is 10.0 Å². The number of hydrogen-bond acceptors (Lipinski definition) is 4. The number of nitrogens with zero attached hydrogens (tertiary/aromatic N) is 1. The molecule has 0 saturated heterocycles. The van der Waals surface area contributed by atoms with Crippen LogP contribution < -0.4 is 10.5 Å². The van der Waals surface area contributed by atoms with Crippen molar-refractivity contribution >= 4 is 33.0 Å². The third-order valence-corrected chi connectivity index (χ3v) is 4.59. The molecule has 2 rings (SSSR count). The lowest BCUT2D eigenvalue weighted by atomic mass is 10.2. The Morgan fingerprint density at radius 2 is 1.95 bits per heavy atom. The fraction of sp³-hybridized carbons (Fsp3) is 0.0714. The third kappa shape index (κ3) is 3.27. The van der Waals surface area contributed by atoms with Crippen molar-refractivity contribution in [1.82, 2.24) is 0 Å². The lowest BCUT2D eigenvalue weighted by Crippen LogP contribution is -2.13. The summed E-state index contributed by atoms with van der Waals surface area (Å²) in [7, 11) is -3.79. The third-order valence-electron chi connectivity index (χ3n) is 2.90. The maximum absolute atomic E-state index is 12.3. The molecule has 0 spiro atoms. The summed E-state index contributed by atoms with van der Waals surface area (Å²) in [5, 5.41) is 8.88. The van der Waals surface area contributed by atoms with Gasteiger partial charge in [-0.3, -0.25) is 4.72 Å². The first-order valence-electron chi connectivity index (χ1n) is 5.92. The van der Waals surface area contributed by atoms with Crippen LogP contribution in [0.4, 0.5) is 11.4 Å². The first-order valence-corrected chi connectivity index (χ1v) is 7.78. The van der Waals surface area contributed by atoms with Crippen LogP contribution >= 0.6 is 11.6 Å². The van der Waals surface area contributed by atoms with E-state index < -0.39 is 10.0 Å². The molecule has 0 unspecified atom stereocenters. The molecule has 0 saturated carbocycles. The predicted octanol–water partition coefficient (Wildman–Crippen LogP) is 2.90. The highest BCUT2D eigenvalue weighted by Crippen LogP contribution is 2.24. The average molecular weight is 322 g/mol. The Kier molecular flexibility index (Phi) is 4.07. The van der Waals surface area contributed by atoms with Crippen molar-refractivity contribution in [2.24, 2.45) is 0 Å². The van der Waals surface area contributed by atoms with Crippen molar-refractivity contribution < 1.29 is 8.42 Å². The van der Waals surface area contributed by atoms with E-state index >= 15 is 0 Å². The monoisotopic (exact) mass is 321 g/mol. The van der Waals surface area contributed by atoms with Gasteiger partial charge in [0, 0.05) is 5.69 Å². The van der Waals surface area contributed by atoms with Gasteiger partial charge in [0.15, 0.2) is 0 Å². The smallest absolute Gasteiger partial charge is 0.261 e. The quantitative estimate of drug-likeness (QED) is 0.849. The summed E-state index contributed by atoms with van der Waals surface area (Å²) < 4.78 is 26.9. The summed E-state index contributed by atoms with van der Waals surface area (Å²) in [4.78, 5) is -0.0225. The van der Waals surface area contributed by atoms with Gasteiger partial charge in [-0.2, -0.15) is 5.26 Å². The second-order valence-electron chi connectivity index (χ2n) is 4.43. The maximum atomic E-state index is 12.3. The molecular weight excluding hydrogens is 310 g/mol. The van der Waals surface area contributed by atoms with Crippen molar-refractivity contribution in [3.05, 3.63) is 52.5 Å². The van der Waals surface area contributed by atoms with Crippen molar-refractivity contribution in [1.29, 1.82) is 5.26 Å². The van der Waals surface area contributed by atoms with Crippen LogP contribution in [0.5, 0.6) is 0 Å². The van der Waals surface area contributed by atoms with Crippen LogP contribution in [-0.4, -0.2) is 8.42 Å². The standard InChI is InChI=1S/C14H12ClN3O2S/c1-9-2-4-11(6-14(9)17)18-21(19,20)12-5-3-10(8-16)13(15)7-12/h2-7,18H,17H2,1H3. The number of anilines is 2. The van der Waals surface area contributed by atoms with Gasteiger partial charge in [0.2, 0.25) is 0 Å². The Hall–Kier alpha value is -2.23. The number of benzene rings is 2. The zero-order chi connectivity index (χ0) is 15.6. The molecule has 7 heteroatoms. The van der Waals surface area contributed by atoms with Crippen molar-refractivity contribution in [2.45, 2.75) is 11.8 Å². The number of nitrogen functional groups attached to an aromatic ring is 1. The number of hydrogen-bond donors (Lipinski definition) is 2. The topological polar surface area (TPSA) is 96.0 Å². The number of rotatable bonds is 3. The van der Waals surface area contributed by atoms with Crippen LogP contribution in [0.2, 0.25) is 5.02 Å². The summed E-state index contributed by atoms with van der Waals surface area (Å²) in [5.41, 5.74) is 7.68. The minimum absolute atomic E-state index is 0.0225. The Morgan fingerprint density at radius 3 is 2.52 bits per heavy atom. The second-order valence-corrected chi connectivity index (χ2v) is 6.52. The molecule has 0 fully saturated rings. The number of nitrogens with one attached hydrogen (secondary N) is 1. The summed E-state index contributed by atoms with van der Waals surface area (Å²) >= 11 is 5.85. The van der Waals surface area contributed by atoms with Crippen LogP contribution in [-0.2, 0) is 10.0 Å². The second kappa shape index (κ2) is 5.64. The zero-order valence-corrected chi connectivity index (χ0v) is 12.7. The summed E-state index contributed by atoms with van der Waals surface area (Å²) in [6.07, 6.45) is 0.